The molecule has 2 heteroatoms. The Hall–Kier alpha value is -2.03. The Kier molecular flexibility index (Phi) is 4.94. The first-order valence-electron chi connectivity index (χ1n) is 7.42. The minimum Gasteiger partial charge on any atom is -0.396 e. The van der Waals surface area contributed by atoms with Crippen LogP contribution in [0.1, 0.15) is 5.56 Å². The van der Waals surface area contributed by atoms with Crippen LogP contribution in [0.4, 0.5) is 0 Å². The molecule has 0 radical (unpaired) electrons. The minimum absolute atomic E-state index is 0.0893. The quantitative estimate of drug-likeness (QED) is 0.696. The van der Waals surface area contributed by atoms with Crippen LogP contribution in [-0.2, 0) is 17.3 Å². The molecule has 0 fully saturated rings. The molecular formula is C20H19OS+. The van der Waals surface area contributed by atoms with Gasteiger partial charge in [-0.2, -0.15) is 0 Å². The lowest BCUT2D eigenvalue weighted by Gasteiger charge is -2.08. The van der Waals surface area contributed by atoms with Gasteiger partial charge in [-0.15, -0.1) is 0 Å². The van der Waals surface area contributed by atoms with Crippen molar-refractivity contribution < 1.29 is 5.11 Å². The molecule has 0 spiro atoms. The van der Waals surface area contributed by atoms with Crippen molar-refractivity contribution in [3.8, 4) is 0 Å². The third-order valence-corrected chi connectivity index (χ3v) is 5.75. The lowest BCUT2D eigenvalue weighted by atomic mass is 10.2. The van der Waals surface area contributed by atoms with Gasteiger partial charge in [0, 0.05) is 6.61 Å². The molecule has 0 aromatic heterocycles. The molecule has 0 amide bonds. The molecule has 0 heterocycles. The van der Waals surface area contributed by atoms with Crippen LogP contribution < -0.4 is 0 Å². The summed E-state index contributed by atoms with van der Waals surface area (Å²) in [5.41, 5.74) is 1.18. The van der Waals surface area contributed by atoms with Crippen LogP contribution in [-0.4, -0.2) is 11.7 Å². The molecular weight excluding hydrogens is 288 g/mol. The van der Waals surface area contributed by atoms with E-state index >= 15 is 0 Å². The van der Waals surface area contributed by atoms with Gasteiger partial charge >= 0.3 is 0 Å². The average Bonchev–Trinajstić information content (AvgIpc) is 2.59. The number of rotatable bonds is 5. The predicted molar refractivity (Wildman–Crippen MR) is 92.3 cm³/mol. The Balaban J connectivity index is 2.02. The van der Waals surface area contributed by atoms with E-state index in [2.05, 4.69) is 84.9 Å². The van der Waals surface area contributed by atoms with Gasteiger partial charge in [-0.1, -0.05) is 48.5 Å². The maximum absolute atomic E-state index is 9.06. The summed E-state index contributed by atoms with van der Waals surface area (Å²) in [4.78, 5) is 3.95. The summed E-state index contributed by atoms with van der Waals surface area (Å²) in [6.07, 6.45) is 0.713. The Morgan fingerprint density at radius 2 is 1.05 bits per heavy atom. The Labute approximate surface area is 134 Å². The molecule has 0 aliphatic heterocycles. The van der Waals surface area contributed by atoms with Crippen LogP contribution in [0, 0.1) is 0 Å². The SMILES string of the molecule is OCCc1ccc([S+](c2ccccc2)c2ccccc2)cc1. The highest BCUT2D eigenvalue weighted by atomic mass is 32.2. The second-order valence-corrected chi connectivity index (χ2v) is 7.08. The van der Waals surface area contributed by atoms with Crippen molar-refractivity contribution in [2.24, 2.45) is 0 Å². The lowest BCUT2D eigenvalue weighted by Crippen LogP contribution is -2.04. The molecule has 0 aliphatic rings. The van der Waals surface area contributed by atoms with Gasteiger partial charge in [0.15, 0.2) is 14.7 Å². The number of hydrogen-bond acceptors (Lipinski definition) is 1. The number of aliphatic hydroxyl groups is 1. The largest absolute Gasteiger partial charge is 0.396 e. The zero-order chi connectivity index (χ0) is 15.2. The summed E-state index contributed by atoms with van der Waals surface area (Å²) in [6, 6.07) is 29.9. The molecule has 0 atom stereocenters. The maximum Gasteiger partial charge on any atom is 0.166 e. The molecule has 0 saturated carbocycles. The maximum atomic E-state index is 9.06. The summed E-state index contributed by atoms with van der Waals surface area (Å²) in [6.45, 7) is 0.197. The summed E-state index contributed by atoms with van der Waals surface area (Å²) < 4.78 is 0. The highest BCUT2D eigenvalue weighted by molar-refractivity contribution is 7.97. The van der Waals surface area contributed by atoms with Crippen molar-refractivity contribution in [1.82, 2.24) is 0 Å². The molecule has 0 saturated heterocycles. The second kappa shape index (κ2) is 7.30. The number of aliphatic hydroxyl groups excluding tert-OH is 1. The van der Waals surface area contributed by atoms with Gasteiger partial charge in [0.05, 0.1) is 10.9 Å². The van der Waals surface area contributed by atoms with Gasteiger partial charge in [0.2, 0.25) is 0 Å². The van der Waals surface area contributed by atoms with Crippen LogP contribution in [0.25, 0.3) is 0 Å². The molecule has 0 bridgehead atoms. The fraction of sp³-hybridized carbons (Fsp3) is 0.100. The number of benzene rings is 3. The lowest BCUT2D eigenvalue weighted by molar-refractivity contribution is 0.299. The zero-order valence-corrected chi connectivity index (χ0v) is 13.2. The van der Waals surface area contributed by atoms with Crippen LogP contribution in [0.2, 0.25) is 0 Å². The monoisotopic (exact) mass is 307 g/mol. The molecule has 3 rings (SSSR count). The summed E-state index contributed by atoms with van der Waals surface area (Å²) in [5.74, 6) is 0. The van der Waals surface area contributed by atoms with Gasteiger partial charge in [-0.05, 0) is 48.4 Å². The van der Waals surface area contributed by atoms with Gasteiger partial charge in [-0.25, -0.2) is 0 Å². The van der Waals surface area contributed by atoms with Gasteiger partial charge in [0.1, 0.15) is 0 Å². The second-order valence-electron chi connectivity index (χ2n) is 5.05. The van der Waals surface area contributed by atoms with Crippen molar-refractivity contribution in [3.63, 3.8) is 0 Å². The zero-order valence-electron chi connectivity index (χ0n) is 12.4. The Morgan fingerprint density at radius 1 is 0.591 bits per heavy atom. The molecule has 0 unspecified atom stereocenters. The highest BCUT2D eigenvalue weighted by Gasteiger charge is 2.27. The standard InChI is InChI=1S/C20H19OS/c21-16-15-17-11-13-20(14-12-17)22(18-7-3-1-4-8-18)19-9-5-2-6-10-19/h1-14,21H,15-16H2/q+1. The first-order chi connectivity index (χ1) is 10.9. The van der Waals surface area contributed by atoms with E-state index in [1.54, 1.807) is 0 Å². The summed E-state index contributed by atoms with van der Waals surface area (Å²) in [5, 5.41) is 9.06. The van der Waals surface area contributed by atoms with Crippen LogP contribution >= 0.6 is 0 Å². The van der Waals surface area contributed by atoms with E-state index < -0.39 is 0 Å². The van der Waals surface area contributed by atoms with E-state index in [0.29, 0.717) is 6.42 Å². The molecule has 3 aromatic rings. The summed E-state index contributed by atoms with van der Waals surface area (Å²) in [7, 11) is -0.0893. The number of hydrogen-bond donors (Lipinski definition) is 1. The summed E-state index contributed by atoms with van der Waals surface area (Å²) >= 11 is 0. The Bertz CT molecular complexity index is 653. The topological polar surface area (TPSA) is 20.2 Å². The van der Waals surface area contributed by atoms with Crippen molar-refractivity contribution in [3.05, 3.63) is 90.5 Å². The van der Waals surface area contributed by atoms with Crippen molar-refractivity contribution in [2.75, 3.05) is 6.61 Å². The van der Waals surface area contributed by atoms with Crippen molar-refractivity contribution in [2.45, 2.75) is 21.1 Å². The predicted octanol–water partition coefficient (Wildman–Crippen LogP) is 4.32. The average molecular weight is 307 g/mol. The van der Waals surface area contributed by atoms with Crippen LogP contribution in [0.5, 0.6) is 0 Å². The van der Waals surface area contributed by atoms with E-state index in [9.17, 15) is 0 Å². The fourth-order valence-electron chi connectivity index (χ4n) is 2.44. The van der Waals surface area contributed by atoms with Crippen LogP contribution in [0.15, 0.2) is 99.6 Å². The highest BCUT2D eigenvalue weighted by Crippen LogP contribution is 2.30. The molecule has 22 heavy (non-hydrogen) atoms. The van der Waals surface area contributed by atoms with E-state index in [1.165, 1.54) is 20.2 Å². The van der Waals surface area contributed by atoms with E-state index in [0.717, 1.165) is 0 Å². The Morgan fingerprint density at radius 3 is 1.50 bits per heavy atom. The fourth-order valence-corrected chi connectivity index (χ4v) is 4.53. The first-order valence-corrected chi connectivity index (χ1v) is 8.65. The first kappa shape index (κ1) is 14.9. The molecule has 3 aromatic carbocycles. The normalized spacial score (nSPS) is 10.8. The third kappa shape index (κ3) is 3.41. The smallest absolute Gasteiger partial charge is 0.166 e. The van der Waals surface area contributed by atoms with Crippen molar-refractivity contribution >= 4 is 10.9 Å². The van der Waals surface area contributed by atoms with Gasteiger partial charge in [-0.3, -0.25) is 0 Å². The molecule has 1 nitrogen and oxygen atoms in total. The minimum atomic E-state index is -0.0893. The van der Waals surface area contributed by atoms with Crippen molar-refractivity contribution in [1.29, 1.82) is 0 Å². The molecule has 0 aliphatic carbocycles. The van der Waals surface area contributed by atoms with Gasteiger partial charge < -0.3 is 5.11 Å². The van der Waals surface area contributed by atoms with Gasteiger partial charge in [0.25, 0.3) is 0 Å². The third-order valence-electron chi connectivity index (χ3n) is 3.52. The molecule has 110 valence electrons. The molecule has 1 N–H and O–H groups in total. The van der Waals surface area contributed by atoms with E-state index in [4.69, 9.17) is 5.11 Å². The van der Waals surface area contributed by atoms with Crippen LogP contribution in [0.3, 0.4) is 0 Å². The van der Waals surface area contributed by atoms with E-state index in [1.807, 2.05) is 0 Å². The van der Waals surface area contributed by atoms with E-state index in [-0.39, 0.29) is 17.5 Å².